The van der Waals surface area contributed by atoms with E-state index in [-0.39, 0.29) is 30.4 Å². The molecule has 1 aliphatic heterocycles. The van der Waals surface area contributed by atoms with Gasteiger partial charge in [-0.05, 0) is 47.5 Å². The Morgan fingerprint density at radius 2 is 1.82 bits per heavy atom. The number of hydrogen-bond acceptors (Lipinski definition) is 5. The lowest BCUT2D eigenvalue weighted by Crippen LogP contribution is -2.29. The first-order chi connectivity index (χ1) is 15.8. The molecule has 0 bridgehead atoms. The van der Waals surface area contributed by atoms with Crippen LogP contribution in [0.5, 0.6) is 0 Å². The van der Waals surface area contributed by atoms with Gasteiger partial charge in [-0.1, -0.05) is 36.9 Å². The molecule has 0 fully saturated rings. The van der Waals surface area contributed by atoms with Gasteiger partial charge in [-0.15, -0.1) is 11.3 Å². The predicted molar refractivity (Wildman–Crippen MR) is 127 cm³/mol. The van der Waals surface area contributed by atoms with Gasteiger partial charge in [-0.3, -0.25) is 9.69 Å². The van der Waals surface area contributed by atoms with Gasteiger partial charge in [0.2, 0.25) is 15.9 Å². The first-order valence-corrected chi connectivity index (χ1v) is 12.2. The number of hydrogen-bond donors (Lipinski definition) is 2. The molecule has 0 aliphatic carbocycles. The lowest BCUT2D eigenvalue weighted by molar-refractivity contribution is -0.111. The number of thiophene rings is 1. The van der Waals surface area contributed by atoms with Crippen LogP contribution in [0.25, 0.3) is 0 Å². The van der Waals surface area contributed by atoms with Gasteiger partial charge in [0.1, 0.15) is 0 Å². The smallest absolute Gasteiger partial charge is 0.412 e. The zero-order chi connectivity index (χ0) is 23.6. The van der Waals surface area contributed by atoms with Crippen LogP contribution >= 0.6 is 11.3 Å². The Kier molecular flexibility index (Phi) is 6.32. The molecule has 1 aromatic heterocycles. The number of anilines is 2. The fourth-order valence-electron chi connectivity index (χ4n) is 3.53. The number of nitrogens with zero attached hydrogens (tertiary/aromatic N) is 2. The molecular weight excluding hydrogens is 462 g/mol. The standard InChI is InChI=1S/C23H21N3O5S2/c1-2-21(27)24-22-12-17-14-25(15-20(17)32-22)33(30,31)19-10-8-18(9-11-19)26(23(28)29)13-16-6-4-3-5-7-16/h2-12H,1,13-15H2,(H,24,27)(H,28,29). The molecule has 0 radical (unpaired) electrons. The van der Waals surface area contributed by atoms with Crippen LogP contribution in [-0.4, -0.2) is 29.8 Å². The molecule has 0 saturated heterocycles. The highest BCUT2D eigenvalue weighted by Gasteiger charge is 2.32. The van der Waals surface area contributed by atoms with Crippen LogP contribution in [0.4, 0.5) is 15.5 Å². The minimum absolute atomic E-state index is 0.0895. The van der Waals surface area contributed by atoms with E-state index in [2.05, 4.69) is 11.9 Å². The maximum absolute atomic E-state index is 13.1. The Bertz CT molecular complexity index is 1280. The zero-order valence-electron chi connectivity index (χ0n) is 17.5. The summed E-state index contributed by atoms with van der Waals surface area (Å²) in [6.45, 7) is 3.98. The number of benzene rings is 2. The summed E-state index contributed by atoms with van der Waals surface area (Å²) in [6, 6.07) is 16.8. The maximum atomic E-state index is 13.1. The zero-order valence-corrected chi connectivity index (χ0v) is 19.1. The second kappa shape index (κ2) is 9.18. The van der Waals surface area contributed by atoms with Crippen LogP contribution in [0.2, 0.25) is 0 Å². The highest BCUT2D eigenvalue weighted by Crippen LogP contribution is 2.37. The van der Waals surface area contributed by atoms with Crippen LogP contribution in [0.3, 0.4) is 0 Å². The van der Waals surface area contributed by atoms with E-state index >= 15 is 0 Å². The van der Waals surface area contributed by atoms with Crippen LogP contribution in [0, 0.1) is 0 Å². The summed E-state index contributed by atoms with van der Waals surface area (Å²) < 4.78 is 27.6. The van der Waals surface area contributed by atoms with E-state index in [1.165, 1.54) is 46.0 Å². The van der Waals surface area contributed by atoms with E-state index in [1.54, 1.807) is 6.07 Å². The van der Waals surface area contributed by atoms with Gasteiger partial charge in [0.15, 0.2) is 0 Å². The number of nitrogens with one attached hydrogen (secondary N) is 1. The van der Waals surface area contributed by atoms with Gasteiger partial charge in [0, 0.05) is 23.7 Å². The number of carboxylic acid groups (broad SMARTS) is 1. The van der Waals surface area contributed by atoms with Crippen molar-refractivity contribution < 1.29 is 23.1 Å². The van der Waals surface area contributed by atoms with Crippen molar-refractivity contribution in [1.29, 1.82) is 0 Å². The van der Waals surface area contributed by atoms with E-state index in [1.807, 2.05) is 30.3 Å². The van der Waals surface area contributed by atoms with Crippen LogP contribution in [0.1, 0.15) is 16.0 Å². The number of sulfonamides is 1. The SMILES string of the molecule is C=CC(=O)Nc1cc2c(s1)CN(S(=O)(=O)c1ccc(N(Cc3ccccc3)C(=O)O)cc1)C2. The Morgan fingerprint density at radius 1 is 1.12 bits per heavy atom. The summed E-state index contributed by atoms with van der Waals surface area (Å²) in [6.07, 6.45) is 0.0501. The molecule has 0 spiro atoms. The molecule has 170 valence electrons. The van der Waals surface area contributed by atoms with Crippen molar-refractivity contribution in [2.24, 2.45) is 0 Å². The first kappa shape index (κ1) is 22.7. The highest BCUT2D eigenvalue weighted by molar-refractivity contribution is 7.89. The third-order valence-electron chi connectivity index (χ3n) is 5.20. The van der Waals surface area contributed by atoms with Crippen molar-refractivity contribution in [3.8, 4) is 0 Å². The summed E-state index contributed by atoms with van der Waals surface area (Å²) >= 11 is 1.33. The summed E-state index contributed by atoms with van der Waals surface area (Å²) in [5.41, 5.74) is 2.05. The Labute approximate surface area is 195 Å². The minimum atomic E-state index is -3.77. The third-order valence-corrected chi connectivity index (χ3v) is 8.08. The molecule has 33 heavy (non-hydrogen) atoms. The molecular formula is C23H21N3O5S2. The number of carbonyl (C=O) groups is 2. The molecule has 2 aromatic carbocycles. The van der Waals surface area contributed by atoms with Gasteiger partial charge >= 0.3 is 6.09 Å². The van der Waals surface area contributed by atoms with Crippen molar-refractivity contribution in [3.05, 3.63) is 89.3 Å². The van der Waals surface area contributed by atoms with Crippen molar-refractivity contribution in [1.82, 2.24) is 4.31 Å². The fourth-order valence-corrected chi connectivity index (χ4v) is 6.09. The maximum Gasteiger partial charge on any atom is 0.412 e. The Hall–Kier alpha value is -3.47. The Balaban J connectivity index is 1.49. The van der Waals surface area contributed by atoms with Crippen molar-refractivity contribution in [2.45, 2.75) is 24.5 Å². The van der Waals surface area contributed by atoms with Crippen molar-refractivity contribution in [2.75, 3.05) is 10.2 Å². The van der Waals surface area contributed by atoms with E-state index in [9.17, 15) is 23.1 Å². The quantitative estimate of drug-likeness (QED) is 0.488. The highest BCUT2D eigenvalue weighted by atomic mass is 32.2. The van der Waals surface area contributed by atoms with E-state index in [0.29, 0.717) is 10.7 Å². The summed E-state index contributed by atoms with van der Waals surface area (Å²) in [7, 11) is -3.77. The molecule has 1 aliphatic rings. The van der Waals surface area contributed by atoms with Crippen LogP contribution in [0.15, 0.2) is 78.2 Å². The minimum Gasteiger partial charge on any atom is -0.465 e. The van der Waals surface area contributed by atoms with Crippen LogP contribution < -0.4 is 10.2 Å². The van der Waals surface area contributed by atoms with Gasteiger partial charge in [0.05, 0.1) is 16.4 Å². The predicted octanol–water partition coefficient (Wildman–Crippen LogP) is 4.26. The summed E-state index contributed by atoms with van der Waals surface area (Å²) in [5.74, 6) is -0.317. The second-order valence-electron chi connectivity index (χ2n) is 7.37. The topological polar surface area (TPSA) is 107 Å². The monoisotopic (exact) mass is 483 g/mol. The molecule has 2 N–H and O–H groups in total. The van der Waals surface area contributed by atoms with Crippen LogP contribution in [-0.2, 0) is 34.5 Å². The Morgan fingerprint density at radius 3 is 2.42 bits per heavy atom. The number of carbonyl (C=O) groups excluding carboxylic acids is 1. The lowest BCUT2D eigenvalue weighted by Gasteiger charge is -2.21. The molecule has 0 atom stereocenters. The van der Waals surface area contributed by atoms with Gasteiger partial charge in [-0.25, -0.2) is 13.2 Å². The number of amides is 2. The molecule has 10 heteroatoms. The number of fused-ring (bicyclic) bond motifs is 1. The average molecular weight is 484 g/mol. The van der Waals surface area contributed by atoms with Crippen molar-refractivity contribution in [3.63, 3.8) is 0 Å². The number of rotatable bonds is 7. The largest absolute Gasteiger partial charge is 0.465 e. The van der Waals surface area contributed by atoms with Gasteiger partial charge in [0.25, 0.3) is 0 Å². The summed E-state index contributed by atoms with van der Waals surface area (Å²) in [5, 5.41) is 13.0. The molecule has 8 nitrogen and oxygen atoms in total. The van der Waals surface area contributed by atoms with E-state index in [4.69, 9.17) is 0 Å². The third kappa shape index (κ3) is 4.82. The summed E-state index contributed by atoms with van der Waals surface area (Å²) in [4.78, 5) is 25.4. The van der Waals surface area contributed by atoms with E-state index in [0.717, 1.165) is 20.9 Å². The van der Waals surface area contributed by atoms with Crippen molar-refractivity contribution >= 4 is 44.0 Å². The molecule has 3 aromatic rings. The lowest BCUT2D eigenvalue weighted by atomic mass is 10.2. The van der Waals surface area contributed by atoms with Gasteiger partial charge < -0.3 is 10.4 Å². The van der Waals surface area contributed by atoms with E-state index < -0.39 is 16.1 Å². The average Bonchev–Trinajstić information content (AvgIpc) is 3.37. The normalized spacial score (nSPS) is 13.3. The first-order valence-electron chi connectivity index (χ1n) is 9.97. The molecule has 2 heterocycles. The molecule has 2 amide bonds. The second-order valence-corrected chi connectivity index (χ2v) is 10.4. The molecule has 4 rings (SSSR count). The van der Waals surface area contributed by atoms with Gasteiger partial charge in [-0.2, -0.15) is 4.31 Å². The molecule has 0 unspecified atom stereocenters. The molecule has 0 saturated carbocycles. The fraction of sp³-hybridized carbons (Fsp3) is 0.130.